The van der Waals surface area contributed by atoms with E-state index in [2.05, 4.69) is 13.0 Å². The Hall–Kier alpha value is -0.790. The maximum atomic E-state index is 10.7. The predicted molar refractivity (Wildman–Crippen MR) is 54.5 cm³/mol. The second kappa shape index (κ2) is 9.30. The van der Waals surface area contributed by atoms with Gasteiger partial charge in [0, 0.05) is 6.42 Å². The van der Waals surface area contributed by atoms with E-state index in [1.165, 1.54) is 19.3 Å². The fraction of sp³-hybridized carbons (Fsp3) is 0.727. The molecule has 0 bridgehead atoms. The summed E-state index contributed by atoms with van der Waals surface area (Å²) < 4.78 is 4.87. The van der Waals surface area contributed by atoms with Crippen LogP contribution in [0.3, 0.4) is 0 Å². The number of esters is 1. The molecule has 0 unspecified atom stereocenters. The Labute approximate surface area is 81.0 Å². The molecule has 0 aromatic rings. The lowest BCUT2D eigenvalue weighted by molar-refractivity contribution is -0.141. The lowest BCUT2D eigenvalue weighted by Gasteiger charge is -1.97. The van der Waals surface area contributed by atoms with Crippen LogP contribution in [0.25, 0.3) is 0 Å². The summed E-state index contributed by atoms with van der Waals surface area (Å²) in [5.74, 6) is -0.127. The van der Waals surface area contributed by atoms with E-state index >= 15 is 0 Å². The second-order valence-corrected chi connectivity index (χ2v) is 3.00. The van der Waals surface area contributed by atoms with Gasteiger partial charge in [0.2, 0.25) is 0 Å². The molecule has 0 fully saturated rings. The number of hydrogen-bond acceptors (Lipinski definition) is 2. The molecule has 0 aliphatic rings. The normalized spacial score (nSPS) is 10.6. The van der Waals surface area contributed by atoms with Crippen LogP contribution in [0.1, 0.15) is 46.0 Å². The maximum absolute atomic E-state index is 10.7. The fourth-order valence-corrected chi connectivity index (χ4v) is 0.941. The van der Waals surface area contributed by atoms with E-state index in [0.717, 1.165) is 6.42 Å². The van der Waals surface area contributed by atoms with Gasteiger partial charge in [-0.05, 0) is 12.8 Å². The van der Waals surface area contributed by atoms with Gasteiger partial charge in [0.1, 0.15) is 6.61 Å². The van der Waals surface area contributed by atoms with Gasteiger partial charge in [-0.2, -0.15) is 0 Å². The van der Waals surface area contributed by atoms with Crippen molar-refractivity contribution < 1.29 is 9.53 Å². The molecule has 0 amide bonds. The molecule has 0 aromatic carbocycles. The summed E-state index contributed by atoms with van der Waals surface area (Å²) in [7, 11) is 0. The van der Waals surface area contributed by atoms with Crippen molar-refractivity contribution in [3.8, 4) is 0 Å². The number of carbonyl (C=O) groups excluding carboxylic acids is 1. The molecule has 0 saturated heterocycles. The van der Waals surface area contributed by atoms with E-state index in [1.807, 2.05) is 6.08 Å². The summed E-state index contributed by atoms with van der Waals surface area (Å²) in [5, 5.41) is 0. The van der Waals surface area contributed by atoms with Crippen molar-refractivity contribution in [1.82, 2.24) is 0 Å². The molecule has 0 heterocycles. The first kappa shape index (κ1) is 12.2. The van der Waals surface area contributed by atoms with Crippen molar-refractivity contribution in [3.63, 3.8) is 0 Å². The zero-order valence-corrected chi connectivity index (χ0v) is 8.71. The maximum Gasteiger partial charge on any atom is 0.305 e. The highest BCUT2D eigenvalue weighted by Crippen LogP contribution is 1.99. The summed E-state index contributed by atoms with van der Waals surface area (Å²) in [4.78, 5) is 10.7. The van der Waals surface area contributed by atoms with Crippen LogP contribution in [-0.2, 0) is 9.53 Å². The molecule has 0 rings (SSSR count). The molecule has 0 radical (unpaired) electrons. The first-order valence-electron chi connectivity index (χ1n) is 5.11. The van der Waals surface area contributed by atoms with Crippen LogP contribution in [0.4, 0.5) is 0 Å². The second-order valence-electron chi connectivity index (χ2n) is 3.00. The Morgan fingerprint density at radius 3 is 2.62 bits per heavy atom. The fourth-order valence-electron chi connectivity index (χ4n) is 0.941. The third-order valence-corrected chi connectivity index (χ3v) is 1.77. The van der Waals surface area contributed by atoms with Crippen LogP contribution >= 0.6 is 0 Å². The zero-order chi connectivity index (χ0) is 9.94. The molecule has 0 aliphatic heterocycles. The van der Waals surface area contributed by atoms with Gasteiger partial charge in [0.25, 0.3) is 0 Å². The van der Waals surface area contributed by atoms with Crippen molar-refractivity contribution >= 4 is 5.97 Å². The summed E-state index contributed by atoms with van der Waals surface area (Å²) in [6, 6.07) is 0. The number of allylic oxidation sites excluding steroid dienone is 1. The molecular formula is C11H20O2. The lowest BCUT2D eigenvalue weighted by atomic mass is 10.2. The average molecular weight is 184 g/mol. The zero-order valence-electron chi connectivity index (χ0n) is 8.71. The van der Waals surface area contributed by atoms with Crippen molar-refractivity contribution in [2.24, 2.45) is 0 Å². The van der Waals surface area contributed by atoms with Gasteiger partial charge >= 0.3 is 5.97 Å². The van der Waals surface area contributed by atoms with Gasteiger partial charge in [0.15, 0.2) is 0 Å². The Morgan fingerprint density at radius 1 is 1.23 bits per heavy atom. The largest absolute Gasteiger partial charge is 0.461 e. The van der Waals surface area contributed by atoms with E-state index in [-0.39, 0.29) is 5.97 Å². The first-order chi connectivity index (χ1) is 6.31. The molecule has 0 N–H and O–H groups in total. The summed E-state index contributed by atoms with van der Waals surface area (Å²) >= 11 is 0. The molecule has 2 nitrogen and oxygen atoms in total. The van der Waals surface area contributed by atoms with Crippen LogP contribution in [0.2, 0.25) is 0 Å². The minimum atomic E-state index is -0.127. The Balaban J connectivity index is 3.17. The lowest BCUT2D eigenvalue weighted by Crippen LogP contribution is -2.01. The highest BCUT2D eigenvalue weighted by molar-refractivity contribution is 5.68. The number of unbranched alkanes of at least 4 members (excludes halogenated alkanes) is 3. The SMILES string of the molecule is CCCCC/C=C/COC(=O)CC. The topological polar surface area (TPSA) is 26.3 Å². The standard InChI is InChI=1S/C11H20O2/c1-3-5-6-7-8-9-10-13-11(12)4-2/h8-9H,3-7,10H2,1-2H3/b9-8+. The minimum absolute atomic E-state index is 0.127. The van der Waals surface area contributed by atoms with Gasteiger partial charge in [0.05, 0.1) is 0 Å². The van der Waals surface area contributed by atoms with Crippen molar-refractivity contribution in [2.75, 3.05) is 6.61 Å². The van der Waals surface area contributed by atoms with Gasteiger partial charge in [-0.25, -0.2) is 0 Å². The van der Waals surface area contributed by atoms with Crippen molar-refractivity contribution in [1.29, 1.82) is 0 Å². The van der Waals surface area contributed by atoms with Crippen molar-refractivity contribution in [3.05, 3.63) is 12.2 Å². The van der Waals surface area contributed by atoms with E-state index < -0.39 is 0 Å². The Bertz CT molecular complexity index is 150. The monoisotopic (exact) mass is 184 g/mol. The quantitative estimate of drug-likeness (QED) is 0.345. The molecule has 0 aromatic heterocycles. The van der Waals surface area contributed by atoms with Gasteiger partial charge in [-0.3, -0.25) is 4.79 Å². The Kier molecular flexibility index (Phi) is 8.73. The Morgan fingerprint density at radius 2 is 2.00 bits per heavy atom. The molecular weight excluding hydrogens is 164 g/mol. The molecule has 13 heavy (non-hydrogen) atoms. The molecule has 0 saturated carbocycles. The molecule has 76 valence electrons. The molecule has 0 atom stereocenters. The smallest absolute Gasteiger partial charge is 0.305 e. The number of rotatable bonds is 7. The van der Waals surface area contributed by atoms with Crippen LogP contribution in [0.15, 0.2) is 12.2 Å². The number of hydrogen-bond donors (Lipinski definition) is 0. The van der Waals surface area contributed by atoms with Crippen LogP contribution in [-0.4, -0.2) is 12.6 Å². The van der Waals surface area contributed by atoms with Crippen LogP contribution in [0.5, 0.6) is 0 Å². The third kappa shape index (κ3) is 9.12. The summed E-state index contributed by atoms with van der Waals surface area (Å²) in [6.45, 7) is 4.42. The third-order valence-electron chi connectivity index (χ3n) is 1.77. The average Bonchev–Trinajstić information content (AvgIpc) is 2.16. The molecule has 0 aliphatic carbocycles. The first-order valence-corrected chi connectivity index (χ1v) is 5.11. The molecule has 0 spiro atoms. The van der Waals surface area contributed by atoms with E-state index in [1.54, 1.807) is 6.92 Å². The van der Waals surface area contributed by atoms with Crippen LogP contribution in [0, 0.1) is 0 Å². The van der Waals surface area contributed by atoms with Gasteiger partial charge < -0.3 is 4.74 Å². The van der Waals surface area contributed by atoms with E-state index in [9.17, 15) is 4.79 Å². The number of carbonyl (C=O) groups is 1. The summed E-state index contributed by atoms with van der Waals surface area (Å²) in [6.07, 6.45) is 9.31. The highest BCUT2D eigenvalue weighted by atomic mass is 16.5. The van der Waals surface area contributed by atoms with Gasteiger partial charge in [-0.1, -0.05) is 38.8 Å². The number of ether oxygens (including phenoxy) is 1. The van der Waals surface area contributed by atoms with Gasteiger partial charge in [-0.15, -0.1) is 0 Å². The van der Waals surface area contributed by atoms with Crippen LogP contribution < -0.4 is 0 Å². The minimum Gasteiger partial charge on any atom is -0.461 e. The van der Waals surface area contributed by atoms with E-state index in [0.29, 0.717) is 13.0 Å². The highest BCUT2D eigenvalue weighted by Gasteiger charge is 1.93. The van der Waals surface area contributed by atoms with Crippen molar-refractivity contribution in [2.45, 2.75) is 46.0 Å². The predicted octanol–water partition coefficient (Wildman–Crippen LogP) is 3.08. The van der Waals surface area contributed by atoms with E-state index in [4.69, 9.17) is 4.74 Å². The summed E-state index contributed by atoms with van der Waals surface area (Å²) in [5.41, 5.74) is 0. The molecule has 2 heteroatoms.